The minimum absolute atomic E-state index is 0.154. The monoisotopic (exact) mass is 276 g/mol. The van der Waals surface area contributed by atoms with E-state index in [9.17, 15) is 4.79 Å². The molecule has 2 heterocycles. The fourth-order valence-electron chi connectivity index (χ4n) is 2.38. The molecule has 0 spiro atoms. The molecule has 19 heavy (non-hydrogen) atoms. The molecule has 1 saturated heterocycles. The summed E-state index contributed by atoms with van der Waals surface area (Å²) in [5.41, 5.74) is 6.45. The van der Waals surface area contributed by atoms with E-state index in [0.29, 0.717) is 12.6 Å². The molecule has 1 amide bonds. The van der Waals surface area contributed by atoms with E-state index in [1.165, 1.54) is 17.8 Å². The molecule has 2 rings (SSSR count). The smallest absolute Gasteiger partial charge is 0.264 e. The van der Waals surface area contributed by atoms with E-state index >= 15 is 0 Å². The first-order chi connectivity index (χ1) is 9.13. The Labute approximate surface area is 118 Å². The first-order valence-electron chi connectivity index (χ1n) is 6.74. The van der Waals surface area contributed by atoms with E-state index in [1.54, 1.807) is 0 Å². The zero-order valence-corrected chi connectivity index (χ0v) is 12.3. The van der Waals surface area contributed by atoms with Gasteiger partial charge in [0.2, 0.25) is 0 Å². The van der Waals surface area contributed by atoms with Crippen LogP contribution in [0.15, 0.2) is 6.07 Å². The molecule has 1 aliphatic heterocycles. The van der Waals surface area contributed by atoms with Crippen LogP contribution in [0.4, 0.5) is 0 Å². The van der Waals surface area contributed by atoms with Gasteiger partial charge >= 0.3 is 0 Å². The molecule has 1 unspecified atom stereocenters. The number of hydrogen-bond donors (Lipinski definition) is 1. The summed E-state index contributed by atoms with van der Waals surface area (Å²) in [6, 6.07) is 2.30. The number of likely N-dealkylation sites (tertiary alicyclic amines) is 1. The minimum atomic E-state index is 0.154. The van der Waals surface area contributed by atoms with Crippen LogP contribution >= 0.6 is 11.3 Å². The van der Waals surface area contributed by atoms with Crippen LogP contribution in [0.1, 0.15) is 46.3 Å². The predicted octanol–water partition coefficient (Wildman–Crippen LogP) is 2.38. The number of piperidine rings is 1. The quantitative estimate of drug-likeness (QED) is 0.801. The van der Waals surface area contributed by atoms with Crippen molar-refractivity contribution in [2.45, 2.75) is 39.2 Å². The van der Waals surface area contributed by atoms with Gasteiger partial charge in [-0.05, 0) is 44.7 Å². The molecule has 3 nitrogen and oxygen atoms in total. The van der Waals surface area contributed by atoms with Crippen molar-refractivity contribution in [2.24, 2.45) is 5.73 Å². The molecule has 1 aliphatic rings. The van der Waals surface area contributed by atoms with Crippen molar-refractivity contribution in [2.75, 3.05) is 13.1 Å². The average Bonchev–Trinajstić information content (AvgIpc) is 2.77. The molecule has 1 atom stereocenters. The van der Waals surface area contributed by atoms with Gasteiger partial charge in [-0.2, -0.15) is 0 Å². The molecular weight excluding hydrogens is 256 g/mol. The van der Waals surface area contributed by atoms with E-state index in [1.807, 2.05) is 17.9 Å². The number of aryl methyl sites for hydroxylation is 1. The fourth-order valence-corrected chi connectivity index (χ4v) is 3.39. The summed E-state index contributed by atoms with van der Waals surface area (Å²) in [6.07, 6.45) is 3.44. The van der Waals surface area contributed by atoms with Crippen LogP contribution in [0.2, 0.25) is 0 Å². The van der Waals surface area contributed by atoms with Crippen molar-refractivity contribution in [3.8, 4) is 11.8 Å². The standard InChI is InChI=1S/C15H20N2OS/c1-11-10-14(19-13(11)7-5-8-16)15(18)17-9-4-3-6-12(17)2/h10,12H,3-4,6,8-9,16H2,1-2H3. The molecule has 0 aliphatic carbocycles. The number of carbonyl (C=O) groups excluding carboxylic acids is 1. The highest BCUT2D eigenvalue weighted by Gasteiger charge is 2.25. The average molecular weight is 276 g/mol. The van der Waals surface area contributed by atoms with Crippen molar-refractivity contribution < 1.29 is 4.79 Å². The summed E-state index contributed by atoms with van der Waals surface area (Å²) in [4.78, 5) is 16.3. The molecule has 102 valence electrons. The minimum Gasteiger partial charge on any atom is -0.335 e. The maximum atomic E-state index is 12.5. The molecular formula is C15H20N2OS. The molecule has 4 heteroatoms. The normalized spacial score (nSPS) is 18.9. The summed E-state index contributed by atoms with van der Waals surface area (Å²) in [6.45, 7) is 5.35. The van der Waals surface area contributed by atoms with Gasteiger partial charge in [0.05, 0.1) is 16.3 Å². The lowest BCUT2D eigenvalue weighted by Crippen LogP contribution is -2.41. The number of rotatable bonds is 1. The zero-order chi connectivity index (χ0) is 13.8. The van der Waals surface area contributed by atoms with Gasteiger partial charge in [0.15, 0.2) is 0 Å². The molecule has 0 aromatic carbocycles. The molecule has 1 aromatic rings. The van der Waals surface area contributed by atoms with Crippen LogP contribution in [0.3, 0.4) is 0 Å². The van der Waals surface area contributed by atoms with Crippen molar-refractivity contribution in [3.63, 3.8) is 0 Å². The second kappa shape index (κ2) is 6.23. The Kier molecular flexibility index (Phi) is 4.62. The van der Waals surface area contributed by atoms with Gasteiger partial charge in [-0.3, -0.25) is 4.79 Å². The third-order valence-corrected chi connectivity index (χ3v) is 4.64. The van der Waals surface area contributed by atoms with E-state index < -0.39 is 0 Å². The van der Waals surface area contributed by atoms with Crippen molar-refractivity contribution in [3.05, 3.63) is 21.4 Å². The third kappa shape index (κ3) is 3.17. The van der Waals surface area contributed by atoms with Gasteiger partial charge in [0.1, 0.15) is 0 Å². The van der Waals surface area contributed by atoms with Crippen LogP contribution < -0.4 is 5.73 Å². The first kappa shape index (κ1) is 14.1. The molecule has 0 saturated carbocycles. The van der Waals surface area contributed by atoms with E-state index in [0.717, 1.165) is 34.7 Å². The number of hydrogen-bond acceptors (Lipinski definition) is 3. The molecule has 1 fully saturated rings. The lowest BCUT2D eigenvalue weighted by Gasteiger charge is -2.33. The summed E-state index contributed by atoms with van der Waals surface area (Å²) in [5, 5.41) is 0. The highest BCUT2D eigenvalue weighted by molar-refractivity contribution is 7.14. The van der Waals surface area contributed by atoms with Crippen LogP contribution in [-0.2, 0) is 0 Å². The molecule has 0 radical (unpaired) electrons. The molecule has 2 N–H and O–H groups in total. The number of thiophene rings is 1. The number of carbonyl (C=O) groups is 1. The highest BCUT2D eigenvalue weighted by Crippen LogP contribution is 2.25. The summed E-state index contributed by atoms with van der Waals surface area (Å²) in [5.74, 6) is 6.04. The van der Waals surface area contributed by atoms with Gasteiger partial charge in [-0.15, -0.1) is 11.3 Å². The third-order valence-electron chi connectivity index (χ3n) is 3.50. The van der Waals surface area contributed by atoms with Gasteiger partial charge < -0.3 is 10.6 Å². The zero-order valence-electron chi connectivity index (χ0n) is 11.5. The maximum absolute atomic E-state index is 12.5. The lowest BCUT2D eigenvalue weighted by atomic mass is 10.0. The second-order valence-electron chi connectivity index (χ2n) is 4.97. The predicted molar refractivity (Wildman–Crippen MR) is 79.3 cm³/mol. The van der Waals surface area contributed by atoms with E-state index in [2.05, 4.69) is 18.8 Å². The van der Waals surface area contributed by atoms with Gasteiger partial charge in [-0.25, -0.2) is 0 Å². The second-order valence-corrected chi connectivity index (χ2v) is 6.02. The molecule has 1 aromatic heterocycles. The highest BCUT2D eigenvalue weighted by atomic mass is 32.1. The van der Waals surface area contributed by atoms with E-state index in [4.69, 9.17) is 5.73 Å². The summed E-state index contributed by atoms with van der Waals surface area (Å²) >= 11 is 1.48. The van der Waals surface area contributed by atoms with Gasteiger partial charge in [-0.1, -0.05) is 11.8 Å². The van der Waals surface area contributed by atoms with Crippen LogP contribution in [0.5, 0.6) is 0 Å². The van der Waals surface area contributed by atoms with Crippen molar-refractivity contribution in [1.82, 2.24) is 4.90 Å². The molecule has 0 bridgehead atoms. The van der Waals surface area contributed by atoms with Crippen LogP contribution in [0, 0.1) is 18.8 Å². The number of nitrogens with two attached hydrogens (primary N) is 1. The lowest BCUT2D eigenvalue weighted by molar-refractivity contribution is 0.0640. The largest absolute Gasteiger partial charge is 0.335 e. The Hall–Kier alpha value is -1.31. The SMILES string of the molecule is Cc1cc(C(=O)N2CCCCC2C)sc1C#CCN. The van der Waals surface area contributed by atoms with Crippen molar-refractivity contribution >= 4 is 17.2 Å². The first-order valence-corrected chi connectivity index (χ1v) is 7.55. The summed E-state index contributed by atoms with van der Waals surface area (Å²) in [7, 11) is 0. The summed E-state index contributed by atoms with van der Waals surface area (Å²) < 4.78 is 0. The Bertz CT molecular complexity index is 524. The van der Waals surface area contributed by atoms with Gasteiger partial charge in [0.25, 0.3) is 5.91 Å². The number of amides is 1. The Balaban J connectivity index is 2.19. The van der Waals surface area contributed by atoms with Crippen LogP contribution in [0.25, 0.3) is 0 Å². The Morgan fingerprint density at radius 2 is 2.37 bits per heavy atom. The Morgan fingerprint density at radius 1 is 1.58 bits per heavy atom. The number of nitrogens with zero attached hydrogens (tertiary/aromatic N) is 1. The topological polar surface area (TPSA) is 46.3 Å². The van der Waals surface area contributed by atoms with Crippen LogP contribution in [-0.4, -0.2) is 29.9 Å². The van der Waals surface area contributed by atoms with Crippen molar-refractivity contribution in [1.29, 1.82) is 0 Å². The Morgan fingerprint density at radius 3 is 3.05 bits per heavy atom. The van der Waals surface area contributed by atoms with Gasteiger partial charge in [0, 0.05) is 12.6 Å². The fraction of sp³-hybridized carbons (Fsp3) is 0.533. The maximum Gasteiger partial charge on any atom is 0.264 e. The van der Waals surface area contributed by atoms with E-state index in [-0.39, 0.29) is 5.91 Å².